The molecular formula is C22H24N2O4. The molecule has 1 aliphatic rings. The van der Waals surface area contributed by atoms with Gasteiger partial charge < -0.3 is 9.47 Å². The summed E-state index contributed by atoms with van der Waals surface area (Å²) in [6.07, 6.45) is -1.02. The predicted molar refractivity (Wildman–Crippen MR) is 106 cm³/mol. The van der Waals surface area contributed by atoms with Gasteiger partial charge in [0, 0.05) is 6.04 Å². The van der Waals surface area contributed by atoms with Crippen molar-refractivity contribution in [2.45, 2.75) is 26.1 Å². The van der Waals surface area contributed by atoms with Crippen molar-refractivity contribution in [1.82, 2.24) is 10.2 Å². The maximum absolute atomic E-state index is 13.0. The summed E-state index contributed by atoms with van der Waals surface area (Å²) in [6.45, 7) is 3.86. The third-order valence-electron chi connectivity index (χ3n) is 4.63. The number of carbonyl (C=O) groups excluding carboxylic acids is 2. The Morgan fingerprint density at radius 2 is 1.64 bits per heavy atom. The summed E-state index contributed by atoms with van der Waals surface area (Å²) in [5.74, 6) is -0.486. The van der Waals surface area contributed by atoms with E-state index < -0.39 is 18.2 Å². The van der Waals surface area contributed by atoms with E-state index in [0.29, 0.717) is 11.3 Å². The minimum absolute atomic E-state index is 0.224. The van der Waals surface area contributed by atoms with E-state index in [1.807, 2.05) is 67.6 Å². The summed E-state index contributed by atoms with van der Waals surface area (Å²) in [5.41, 5.74) is 2.50. The van der Waals surface area contributed by atoms with E-state index in [9.17, 15) is 9.59 Å². The number of carbonyl (C=O) groups is 2. The molecule has 0 aliphatic carbocycles. The number of ether oxygens (including phenoxy) is 2. The number of hydrogen-bond acceptors (Lipinski definition) is 5. The number of methoxy groups -OCH3 is 1. The van der Waals surface area contributed by atoms with Crippen molar-refractivity contribution in [2.75, 3.05) is 13.7 Å². The van der Waals surface area contributed by atoms with Crippen LogP contribution in [0.25, 0.3) is 5.70 Å². The van der Waals surface area contributed by atoms with E-state index in [-0.39, 0.29) is 12.6 Å². The van der Waals surface area contributed by atoms with Gasteiger partial charge in [-0.05, 0) is 25.0 Å². The highest BCUT2D eigenvalue weighted by Gasteiger charge is 2.41. The highest BCUT2D eigenvalue weighted by molar-refractivity contribution is 6.01. The molecule has 0 spiro atoms. The van der Waals surface area contributed by atoms with Crippen LogP contribution in [0.2, 0.25) is 0 Å². The van der Waals surface area contributed by atoms with Crippen LogP contribution in [0.4, 0.5) is 4.79 Å². The molecule has 0 saturated carbocycles. The molecule has 146 valence electrons. The van der Waals surface area contributed by atoms with Crippen molar-refractivity contribution in [3.63, 3.8) is 0 Å². The number of nitrogens with zero attached hydrogens (tertiary/aromatic N) is 1. The molecule has 1 N–H and O–H groups in total. The first kappa shape index (κ1) is 19.6. The fourth-order valence-electron chi connectivity index (χ4n) is 3.40. The zero-order chi connectivity index (χ0) is 20.1. The highest BCUT2D eigenvalue weighted by Crippen LogP contribution is 2.37. The number of rotatable bonds is 4. The van der Waals surface area contributed by atoms with E-state index in [2.05, 4.69) is 5.32 Å². The van der Waals surface area contributed by atoms with Gasteiger partial charge in [-0.3, -0.25) is 10.2 Å². The molecule has 1 amide bonds. The fraction of sp³-hybridized carbons (Fsp3) is 0.273. The van der Waals surface area contributed by atoms with Crippen LogP contribution in [-0.4, -0.2) is 36.7 Å². The molecule has 1 heterocycles. The van der Waals surface area contributed by atoms with Gasteiger partial charge in [0.2, 0.25) is 0 Å². The summed E-state index contributed by atoms with van der Waals surface area (Å²) in [5, 5.41) is 3.35. The van der Waals surface area contributed by atoms with Crippen LogP contribution in [0, 0.1) is 0 Å². The standard InChI is InChI=1S/C22H24N2O4/c1-4-28-22(26)24-19(16-11-7-5-8-12-16)18(21(25)27-3)15(2)23-20(24)17-13-9-6-10-14-17/h5-15,20,23H,4H2,1-3H3. The van der Waals surface area contributed by atoms with Gasteiger partial charge in [-0.25, -0.2) is 9.59 Å². The van der Waals surface area contributed by atoms with Crippen LogP contribution in [0.15, 0.2) is 66.2 Å². The van der Waals surface area contributed by atoms with Crippen molar-refractivity contribution in [1.29, 1.82) is 0 Å². The quantitative estimate of drug-likeness (QED) is 0.819. The van der Waals surface area contributed by atoms with Crippen LogP contribution >= 0.6 is 0 Å². The molecular weight excluding hydrogens is 356 g/mol. The molecule has 1 aliphatic heterocycles. The van der Waals surface area contributed by atoms with E-state index >= 15 is 0 Å². The average Bonchev–Trinajstić information content (AvgIpc) is 2.73. The zero-order valence-corrected chi connectivity index (χ0v) is 16.2. The molecule has 2 aromatic carbocycles. The van der Waals surface area contributed by atoms with Crippen LogP contribution < -0.4 is 5.32 Å². The Morgan fingerprint density at radius 3 is 2.21 bits per heavy atom. The van der Waals surface area contributed by atoms with Crippen molar-refractivity contribution >= 4 is 17.8 Å². The van der Waals surface area contributed by atoms with E-state index in [1.54, 1.807) is 6.92 Å². The Hall–Kier alpha value is -3.12. The summed E-state index contributed by atoms with van der Waals surface area (Å²) in [7, 11) is 1.34. The lowest BCUT2D eigenvalue weighted by atomic mass is 9.94. The summed E-state index contributed by atoms with van der Waals surface area (Å²) < 4.78 is 10.4. The lowest BCUT2D eigenvalue weighted by Crippen LogP contribution is -2.51. The second kappa shape index (κ2) is 8.71. The molecule has 0 saturated heterocycles. The highest BCUT2D eigenvalue weighted by atomic mass is 16.6. The first-order valence-corrected chi connectivity index (χ1v) is 9.23. The van der Waals surface area contributed by atoms with Gasteiger partial charge in [0.1, 0.15) is 6.17 Å². The second-order valence-corrected chi connectivity index (χ2v) is 6.39. The molecule has 3 rings (SSSR count). The topological polar surface area (TPSA) is 67.9 Å². The van der Waals surface area contributed by atoms with Gasteiger partial charge in [-0.2, -0.15) is 0 Å². The zero-order valence-electron chi connectivity index (χ0n) is 16.2. The molecule has 2 unspecified atom stereocenters. The Bertz CT molecular complexity index is 865. The Kier molecular flexibility index (Phi) is 6.11. The molecule has 2 aromatic rings. The molecule has 0 bridgehead atoms. The number of amides is 1. The number of benzene rings is 2. The number of hydrogen-bond donors (Lipinski definition) is 1. The molecule has 28 heavy (non-hydrogen) atoms. The van der Waals surface area contributed by atoms with Crippen LogP contribution in [0.5, 0.6) is 0 Å². The second-order valence-electron chi connectivity index (χ2n) is 6.39. The third-order valence-corrected chi connectivity index (χ3v) is 4.63. The lowest BCUT2D eigenvalue weighted by molar-refractivity contribution is -0.136. The van der Waals surface area contributed by atoms with Gasteiger partial charge in [0.25, 0.3) is 0 Å². The van der Waals surface area contributed by atoms with E-state index in [4.69, 9.17) is 9.47 Å². The minimum Gasteiger partial charge on any atom is -0.466 e. The van der Waals surface area contributed by atoms with Gasteiger partial charge in [0.15, 0.2) is 0 Å². The summed E-state index contributed by atoms with van der Waals surface area (Å²) in [4.78, 5) is 27.1. The van der Waals surface area contributed by atoms with E-state index in [1.165, 1.54) is 12.0 Å². The van der Waals surface area contributed by atoms with Crippen molar-refractivity contribution in [2.24, 2.45) is 0 Å². The van der Waals surface area contributed by atoms with Gasteiger partial charge in [-0.15, -0.1) is 0 Å². The van der Waals surface area contributed by atoms with Crippen molar-refractivity contribution in [3.05, 3.63) is 77.4 Å². The molecule has 0 aromatic heterocycles. The first-order valence-electron chi connectivity index (χ1n) is 9.23. The first-order chi connectivity index (χ1) is 13.6. The molecule has 0 radical (unpaired) electrons. The maximum Gasteiger partial charge on any atom is 0.415 e. The number of esters is 1. The SMILES string of the molecule is CCOC(=O)N1C(c2ccccc2)=C(C(=O)OC)C(C)NC1c1ccccc1. The van der Waals surface area contributed by atoms with Crippen molar-refractivity contribution in [3.8, 4) is 0 Å². The van der Waals surface area contributed by atoms with Gasteiger partial charge >= 0.3 is 12.1 Å². The predicted octanol–water partition coefficient (Wildman–Crippen LogP) is 3.72. The molecule has 6 nitrogen and oxygen atoms in total. The monoisotopic (exact) mass is 380 g/mol. The minimum atomic E-state index is -0.531. The summed E-state index contributed by atoms with van der Waals surface area (Å²) >= 11 is 0. The van der Waals surface area contributed by atoms with E-state index in [0.717, 1.165) is 11.1 Å². The number of nitrogens with one attached hydrogen (secondary N) is 1. The average molecular weight is 380 g/mol. The van der Waals surface area contributed by atoms with Crippen LogP contribution in [0.1, 0.15) is 31.1 Å². The summed E-state index contributed by atoms with van der Waals surface area (Å²) in [6, 6.07) is 18.6. The van der Waals surface area contributed by atoms with Gasteiger partial charge in [0.05, 0.1) is 25.0 Å². The molecule has 6 heteroatoms. The third kappa shape index (κ3) is 3.77. The lowest BCUT2D eigenvalue weighted by Gasteiger charge is -2.41. The largest absolute Gasteiger partial charge is 0.466 e. The van der Waals surface area contributed by atoms with Crippen LogP contribution in [0.3, 0.4) is 0 Å². The maximum atomic E-state index is 13.0. The molecule has 2 atom stereocenters. The smallest absolute Gasteiger partial charge is 0.415 e. The Morgan fingerprint density at radius 1 is 1.04 bits per heavy atom. The fourth-order valence-corrected chi connectivity index (χ4v) is 3.40. The molecule has 0 fully saturated rings. The van der Waals surface area contributed by atoms with Crippen molar-refractivity contribution < 1.29 is 19.1 Å². The normalized spacial score (nSPS) is 19.3. The Labute approximate surface area is 164 Å². The van der Waals surface area contributed by atoms with Crippen LogP contribution in [-0.2, 0) is 14.3 Å². The van der Waals surface area contributed by atoms with Gasteiger partial charge in [-0.1, -0.05) is 60.7 Å². The Balaban J connectivity index is 2.25.